The first kappa shape index (κ1) is 17.4. The maximum Gasteiger partial charge on any atom is 0.253 e. The molecule has 1 aromatic heterocycles. The zero-order chi connectivity index (χ0) is 18.0. The molecule has 1 heterocycles. The molecule has 2 aromatic carbocycles. The Balaban J connectivity index is 2.27. The summed E-state index contributed by atoms with van der Waals surface area (Å²) < 4.78 is 5.84. The van der Waals surface area contributed by atoms with Gasteiger partial charge in [-0.15, -0.1) is 0 Å². The van der Waals surface area contributed by atoms with Crippen molar-refractivity contribution in [3.63, 3.8) is 0 Å². The van der Waals surface area contributed by atoms with E-state index in [2.05, 4.69) is 13.0 Å². The summed E-state index contributed by atoms with van der Waals surface area (Å²) >= 11 is 5.87. The van der Waals surface area contributed by atoms with Crippen molar-refractivity contribution in [1.82, 2.24) is 4.98 Å². The maximum absolute atomic E-state index is 12.0. The topological polar surface area (TPSA) is 39.2 Å². The smallest absolute Gasteiger partial charge is 0.253 e. The van der Waals surface area contributed by atoms with E-state index >= 15 is 0 Å². The Morgan fingerprint density at radius 2 is 1.92 bits per heavy atom. The molecule has 0 unspecified atom stereocenters. The zero-order valence-electron chi connectivity index (χ0n) is 14.6. The van der Waals surface area contributed by atoms with E-state index in [9.17, 15) is 4.79 Å². The number of pyridine rings is 1. The molecule has 3 rings (SSSR count). The van der Waals surface area contributed by atoms with Crippen molar-refractivity contribution in [2.75, 3.05) is 6.61 Å². The van der Waals surface area contributed by atoms with Crippen LogP contribution in [0.4, 0.5) is 0 Å². The first-order valence-corrected chi connectivity index (χ1v) is 8.73. The molecule has 0 saturated heterocycles. The summed E-state index contributed by atoms with van der Waals surface area (Å²) in [7, 11) is 0. The molecule has 0 aliphatic rings. The molecule has 4 heteroatoms. The number of rotatable bonds is 5. The van der Waals surface area contributed by atoms with Gasteiger partial charge in [0.25, 0.3) is 5.24 Å². The first-order valence-electron chi connectivity index (χ1n) is 8.35. The predicted molar refractivity (Wildman–Crippen MR) is 103 cm³/mol. The number of halogens is 1. The number of nitrogens with zero attached hydrogens (tertiary/aromatic N) is 1. The number of para-hydroxylation sites is 1. The van der Waals surface area contributed by atoms with Crippen LogP contribution in [-0.2, 0) is 0 Å². The van der Waals surface area contributed by atoms with Crippen molar-refractivity contribution in [3.8, 4) is 17.0 Å². The number of aryl methyl sites for hydroxylation is 2. The minimum absolute atomic E-state index is 0.471. The van der Waals surface area contributed by atoms with E-state index in [1.165, 1.54) is 0 Å². The van der Waals surface area contributed by atoms with E-state index in [-0.39, 0.29) is 0 Å². The average Bonchev–Trinajstić information content (AvgIpc) is 2.59. The lowest BCUT2D eigenvalue weighted by molar-refractivity contribution is 0.108. The highest BCUT2D eigenvalue weighted by molar-refractivity contribution is 6.68. The molecule has 0 fully saturated rings. The summed E-state index contributed by atoms with van der Waals surface area (Å²) in [6.45, 7) is 6.68. The second kappa shape index (κ2) is 7.24. The maximum atomic E-state index is 12.0. The van der Waals surface area contributed by atoms with Crippen molar-refractivity contribution in [1.29, 1.82) is 0 Å². The van der Waals surface area contributed by atoms with E-state index in [1.807, 2.05) is 44.2 Å². The molecule has 0 bridgehead atoms. The molecule has 0 aliphatic carbocycles. The minimum atomic E-state index is -0.481. The molecule has 0 amide bonds. The predicted octanol–water partition coefficient (Wildman–Crippen LogP) is 5.69. The van der Waals surface area contributed by atoms with Crippen LogP contribution in [0.1, 0.15) is 34.8 Å². The number of hydrogen-bond donors (Lipinski definition) is 0. The molecule has 3 aromatic rings. The van der Waals surface area contributed by atoms with Crippen LogP contribution < -0.4 is 4.74 Å². The van der Waals surface area contributed by atoms with Crippen molar-refractivity contribution in [2.45, 2.75) is 27.2 Å². The van der Waals surface area contributed by atoms with Gasteiger partial charge in [0.2, 0.25) is 0 Å². The van der Waals surface area contributed by atoms with E-state index < -0.39 is 5.24 Å². The van der Waals surface area contributed by atoms with Gasteiger partial charge in [0.15, 0.2) is 0 Å². The van der Waals surface area contributed by atoms with E-state index in [1.54, 1.807) is 6.07 Å². The van der Waals surface area contributed by atoms with Crippen LogP contribution in [0, 0.1) is 13.8 Å². The summed E-state index contributed by atoms with van der Waals surface area (Å²) in [5.41, 5.74) is 4.90. The van der Waals surface area contributed by atoms with Gasteiger partial charge >= 0.3 is 0 Å². The molecule has 128 valence electrons. The lowest BCUT2D eigenvalue weighted by atomic mass is 10.00. The quantitative estimate of drug-likeness (QED) is 0.553. The molecule has 0 atom stereocenters. The highest BCUT2D eigenvalue weighted by Crippen LogP contribution is 2.33. The Morgan fingerprint density at radius 1 is 1.16 bits per heavy atom. The standard InChI is InChI=1S/C21H20ClNO2/c1-4-9-25-19-8-6-5-7-15(19)18-12-17(21(22)24)16-11-13(2)10-14(3)20(16)23-18/h5-8,10-12H,4,9H2,1-3H3. The van der Waals surface area contributed by atoms with Crippen molar-refractivity contribution in [2.24, 2.45) is 0 Å². The largest absolute Gasteiger partial charge is 0.493 e. The van der Waals surface area contributed by atoms with Crippen molar-refractivity contribution >= 4 is 27.7 Å². The summed E-state index contributed by atoms with van der Waals surface area (Å²) in [5.74, 6) is 0.758. The van der Waals surface area contributed by atoms with Crippen LogP contribution in [0.3, 0.4) is 0 Å². The summed E-state index contributed by atoms with van der Waals surface area (Å²) in [6.07, 6.45) is 0.920. The Bertz CT molecular complexity index is 950. The summed E-state index contributed by atoms with van der Waals surface area (Å²) in [6, 6.07) is 13.5. The molecular formula is C21H20ClNO2. The Morgan fingerprint density at radius 3 is 2.64 bits per heavy atom. The Labute approximate surface area is 152 Å². The van der Waals surface area contributed by atoms with Gasteiger partial charge in [0.1, 0.15) is 5.75 Å². The number of hydrogen-bond acceptors (Lipinski definition) is 3. The third-order valence-corrected chi connectivity index (χ3v) is 4.29. The number of carbonyl (C=O) groups is 1. The SMILES string of the molecule is CCCOc1ccccc1-c1cc(C(=O)Cl)c2cc(C)cc(C)c2n1. The number of aromatic nitrogens is 1. The second-order valence-electron chi connectivity index (χ2n) is 6.15. The highest BCUT2D eigenvalue weighted by atomic mass is 35.5. The molecular weight excluding hydrogens is 334 g/mol. The van der Waals surface area contributed by atoms with Crippen LogP contribution in [0.5, 0.6) is 5.75 Å². The van der Waals surface area contributed by atoms with Gasteiger partial charge in [-0.05, 0) is 61.7 Å². The number of ether oxygens (including phenoxy) is 1. The zero-order valence-corrected chi connectivity index (χ0v) is 15.4. The van der Waals surface area contributed by atoms with E-state index in [0.717, 1.165) is 39.8 Å². The van der Waals surface area contributed by atoms with E-state index in [4.69, 9.17) is 21.3 Å². The second-order valence-corrected chi connectivity index (χ2v) is 6.49. The Kier molecular flexibility index (Phi) is 5.05. The fraction of sp³-hybridized carbons (Fsp3) is 0.238. The van der Waals surface area contributed by atoms with Gasteiger partial charge in [-0.3, -0.25) is 4.79 Å². The monoisotopic (exact) mass is 353 g/mol. The molecule has 25 heavy (non-hydrogen) atoms. The summed E-state index contributed by atoms with van der Waals surface area (Å²) in [4.78, 5) is 16.8. The van der Waals surface area contributed by atoms with Crippen LogP contribution >= 0.6 is 11.6 Å². The third kappa shape index (κ3) is 3.52. The molecule has 0 saturated carbocycles. The van der Waals surface area contributed by atoms with E-state index in [0.29, 0.717) is 17.9 Å². The highest BCUT2D eigenvalue weighted by Gasteiger charge is 2.16. The lowest BCUT2D eigenvalue weighted by Gasteiger charge is -2.13. The molecule has 0 N–H and O–H groups in total. The van der Waals surface area contributed by atoms with Gasteiger partial charge in [0.05, 0.1) is 17.8 Å². The molecule has 3 nitrogen and oxygen atoms in total. The van der Waals surface area contributed by atoms with Crippen LogP contribution in [0.2, 0.25) is 0 Å². The van der Waals surface area contributed by atoms with Crippen molar-refractivity contribution in [3.05, 3.63) is 59.2 Å². The normalized spacial score (nSPS) is 10.9. The molecule has 0 spiro atoms. The van der Waals surface area contributed by atoms with Gasteiger partial charge in [-0.1, -0.05) is 30.7 Å². The first-order chi connectivity index (χ1) is 12.0. The van der Waals surface area contributed by atoms with Crippen molar-refractivity contribution < 1.29 is 9.53 Å². The molecule has 0 aliphatic heterocycles. The van der Waals surface area contributed by atoms with Crippen LogP contribution in [0.15, 0.2) is 42.5 Å². The lowest BCUT2D eigenvalue weighted by Crippen LogP contribution is -2.00. The summed E-state index contributed by atoms with van der Waals surface area (Å²) in [5, 5.41) is 0.304. The Hall–Kier alpha value is -2.39. The fourth-order valence-electron chi connectivity index (χ4n) is 3.00. The van der Waals surface area contributed by atoms with Gasteiger partial charge in [-0.25, -0.2) is 4.98 Å². The minimum Gasteiger partial charge on any atom is -0.493 e. The number of benzene rings is 2. The number of carbonyl (C=O) groups excluding carboxylic acids is 1. The van der Waals surface area contributed by atoms with Gasteiger partial charge in [0, 0.05) is 16.5 Å². The number of fused-ring (bicyclic) bond motifs is 1. The van der Waals surface area contributed by atoms with Crippen LogP contribution in [0.25, 0.3) is 22.2 Å². The van der Waals surface area contributed by atoms with Crippen LogP contribution in [-0.4, -0.2) is 16.8 Å². The fourth-order valence-corrected chi connectivity index (χ4v) is 3.15. The average molecular weight is 354 g/mol. The van der Waals surface area contributed by atoms with Gasteiger partial charge < -0.3 is 4.74 Å². The third-order valence-electron chi connectivity index (χ3n) is 4.08. The molecule has 0 radical (unpaired) electrons. The van der Waals surface area contributed by atoms with Gasteiger partial charge in [-0.2, -0.15) is 0 Å².